The highest BCUT2D eigenvalue weighted by Gasteiger charge is 2.23. The summed E-state index contributed by atoms with van der Waals surface area (Å²) in [5.41, 5.74) is 4.07. The molecule has 11 heteroatoms. The van der Waals surface area contributed by atoms with Gasteiger partial charge in [0.1, 0.15) is 0 Å². The molecule has 0 saturated carbocycles. The van der Waals surface area contributed by atoms with Crippen LogP contribution in [0.4, 0.5) is 22.0 Å². The van der Waals surface area contributed by atoms with Gasteiger partial charge in [0.05, 0.1) is 41.6 Å². The van der Waals surface area contributed by atoms with Gasteiger partial charge >= 0.3 is 0 Å². The van der Waals surface area contributed by atoms with Crippen LogP contribution >= 0.6 is 0 Å². The zero-order valence-electron chi connectivity index (χ0n) is 19.4. The molecule has 1 saturated heterocycles. The van der Waals surface area contributed by atoms with Crippen LogP contribution < -0.4 is 10.2 Å². The second-order valence-corrected chi connectivity index (χ2v) is 8.45. The van der Waals surface area contributed by atoms with Gasteiger partial charge in [-0.1, -0.05) is 12.1 Å². The van der Waals surface area contributed by atoms with Gasteiger partial charge in [-0.05, 0) is 37.3 Å². The summed E-state index contributed by atoms with van der Waals surface area (Å²) >= 11 is 0. The van der Waals surface area contributed by atoms with Gasteiger partial charge in [-0.25, -0.2) is 14.4 Å². The molecule has 1 aliphatic heterocycles. The number of benzene rings is 2. The molecule has 1 N–H and O–H groups in total. The molecule has 0 aliphatic carbocycles. The molecule has 2 aromatic carbocycles. The second-order valence-electron chi connectivity index (χ2n) is 8.45. The number of anilines is 3. The van der Waals surface area contributed by atoms with E-state index in [4.69, 9.17) is 9.72 Å². The number of aryl methyl sites for hydroxylation is 1. The van der Waals surface area contributed by atoms with Crippen molar-refractivity contribution in [1.82, 2.24) is 34.1 Å². The van der Waals surface area contributed by atoms with E-state index in [1.54, 1.807) is 10.9 Å². The number of nitrogens with one attached hydrogen (secondary N) is 1. The summed E-state index contributed by atoms with van der Waals surface area (Å²) in [4.78, 5) is 25.1. The molecule has 1 aliphatic rings. The Hall–Kier alpha value is -4.12. The second kappa shape index (κ2) is 8.58. The lowest BCUT2D eigenvalue weighted by atomic mass is 10.3. The molecule has 10 nitrogen and oxygen atoms in total. The van der Waals surface area contributed by atoms with Crippen LogP contribution in [0.25, 0.3) is 28.0 Å². The number of alkyl halides is 1. The highest BCUT2D eigenvalue weighted by atomic mass is 19.1. The molecule has 6 rings (SSSR count). The van der Waals surface area contributed by atoms with Crippen molar-refractivity contribution in [2.24, 2.45) is 7.05 Å². The van der Waals surface area contributed by atoms with Gasteiger partial charge in [0.15, 0.2) is 12.0 Å². The average molecular weight is 474 g/mol. The number of hydrogen-bond donors (Lipinski definition) is 1. The average Bonchev–Trinajstić information content (AvgIpc) is 3.45. The third-order valence-electron chi connectivity index (χ3n) is 6.03. The zero-order chi connectivity index (χ0) is 23.9. The van der Waals surface area contributed by atoms with E-state index in [0.29, 0.717) is 49.7 Å². The molecule has 0 radical (unpaired) electrons. The first-order valence-electron chi connectivity index (χ1n) is 11.5. The highest BCUT2D eigenvalue weighted by molar-refractivity contribution is 5.80. The van der Waals surface area contributed by atoms with E-state index in [0.717, 1.165) is 22.2 Å². The number of halogens is 1. The van der Waals surface area contributed by atoms with Crippen molar-refractivity contribution in [3.05, 3.63) is 54.6 Å². The first-order chi connectivity index (χ1) is 17.1. The van der Waals surface area contributed by atoms with Crippen LogP contribution in [0.2, 0.25) is 0 Å². The maximum atomic E-state index is 14.7. The Kier molecular flexibility index (Phi) is 5.25. The predicted octanol–water partition coefficient (Wildman–Crippen LogP) is 3.71. The van der Waals surface area contributed by atoms with Crippen molar-refractivity contribution in [2.45, 2.75) is 13.1 Å². The summed E-state index contributed by atoms with van der Waals surface area (Å²) in [7, 11) is 1.95. The molecular formula is C24H24FN9O. The van der Waals surface area contributed by atoms with Crippen molar-refractivity contribution >= 4 is 39.7 Å². The van der Waals surface area contributed by atoms with Crippen molar-refractivity contribution in [1.29, 1.82) is 0 Å². The number of ether oxygens (including phenoxy) is 1. The molecule has 0 amide bonds. The highest BCUT2D eigenvalue weighted by Crippen LogP contribution is 2.28. The molecule has 0 bridgehead atoms. The number of fused-ring (bicyclic) bond motifs is 2. The molecular weight excluding hydrogens is 449 g/mol. The predicted molar refractivity (Wildman–Crippen MR) is 131 cm³/mol. The fourth-order valence-corrected chi connectivity index (χ4v) is 4.28. The monoisotopic (exact) mass is 473 g/mol. The molecule has 3 aromatic heterocycles. The van der Waals surface area contributed by atoms with E-state index in [2.05, 4.69) is 25.3 Å². The van der Waals surface area contributed by atoms with Crippen LogP contribution in [0.15, 0.2) is 48.8 Å². The number of imidazole rings is 2. The van der Waals surface area contributed by atoms with Crippen LogP contribution in [-0.2, 0) is 11.8 Å². The first kappa shape index (κ1) is 21.4. The van der Waals surface area contributed by atoms with Crippen molar-refractivity contribution in [3.8, 4) is 5.95 Å². The standard InChI is InChI=1S/C24H24FN9O/c1-15(25)21-28-17-5-3-4-6-20(17)34(21)24-30-22(29-23(31-24)33-9-11-35-12-10-33)27-16-7-8-19-18(13-16)26-14-32(19)2/h3-8,13-15H,9-12H2,1-2H3,(H,27,29,30,31). The van der Waals surface area contributed by atoms with Crippen LogP contribution in [0.5, 0.6) is 0 Å². The molecule has 1 unspecified atom stereocenters. The molecule has 35 heavy (non-hydrogen) atoms. The van der Waals surface area contributed by atoms with E-state index in [1.807, 2.05) is 59.0 Å². The normalized spacial score (nSPS) is 15.1. The Morgan fingerprint density at radius 3 is 2.57 bits per heavy atom. The smallest absolute Gasteiger partial charge is 0.242 e. The molecule has 5 aromatic rings. The Labute approximate surface area is 200 Å². The first-order valence-corrected chi connectivity index (χ1v) is 11.5. The SMILES string of the molecule is CC(F)c1nc2ccccc2n1-c1nc(Nc2ccc3c(c2)ncn3C)nc(N2CCOCC2)n1. The van der Waals surface area contributed by atoms with Crippen LogP contribution in [0.1, 0.15) is 18.9 Å². The molecule has 0 spiro atoms. The van der Waals surface area contributed by atoms with Crippen molar-refractivity contribution < 1.29 is 9.13 Å². The summed E-state index contributed by atoms with van der Waals surface area (Å²) < 4.78 is 23.8. The number of aromatic nitrogens is 7. The lowest BCUT2D eigenvalue weighted by Gasteiger charge is -2.27. The summed E-state index contributed by atoms with van der Waals surface area (Å²) in [6.07, 6.45) is 0.463. The zero-order valence-corrected chi connectivity index (χ0v) is 19.4. The van der Waals surface area contributed by atoms with Gasteiger partial charge in [0.25, 0.3) is 0 Å². The quantitative estimate of drug-likeness (QED) is 0.413. The Balaban J connectivity index is 1.48. The summed E-state index contributed by atoms with van der Waals surface area (Å²) in [6.45, 7) is 3.94. The van der Waals surface area contributed by atoms with Crippen LogP contribution in [0, 0.1) is 0 Å². The lowest BCUT2D eigenvalue weighted by Crippen LogP contribution is -2.37. The Morgan fingerprint density at radius 2 is 1.74 bits per heavy atom. The third-order valence-corrected chi connectivity index (χ3v) is 6.03. The van der Waals surface area contributed by atoms with E-state index in [1.165, 1.54) is 6.92 Å². The van der Waals surface area contributed by atoms with Crippen LogP contribution in [0.3, 0.4) is 0 Å². The van der Waals surface area contributed by atoms with Crippen LogP contribution in [-0.4, -0.2) is 60.4 Å². The number of morpholine rings is 1. The third kappa shape index (κ3) is 3.93. The van der Waals surface area contributed by atoms with Gasteiger partial charge in [-0.3, -0.25) is 4.57 Å². The summed E-state index contributed by atoms with van der Waals surface area (Å²) in [5, 5.41) is 3.29. The minimum absolute atomic E-state index is 0.242. The number of nitrogens with zero attached hydrogens (tertiary/aromatic N) is 8. The molecule has 1 fully saturated rings. The van der Waals surface area contributed by atoms with Gasteiger partial charge < -0.3 is 19.5 Å². The minimum Gasteiger partial charge on any atom is -0.378 e. The van der Waals surface area contributed by atoms with Crippen molar-refractivity contribution in [3.63, 3.8) is 0 Å². The summed E-state index contributed by atoms with van der Waals surface area (Å²) in [5.74, 6) is 1.39. The van der Waals surface area contributed by atoms with E-state index < -0.39 is 6.17 Å². The topological polar surface area (TPSA) is 98.8 Å². The van der Waals surface area contributed by atoms with Gasteiger partial charge in [0, 0.05) is 25.8 Å². The summed E-state index contributed by atoms with van der Waals surface area (Å²) in [6, 6.07) is 13.4. The van der Waals surface area contributed by atoms with Gasteiger partial charge in [0.2, 0.25) is 17.8 Å². The molecule has 4 heterocycles. The maximum Gasteiger partial charge on any atom is 0.242 e. The van der Waals surface area contributed by atoms with E-state index in [9.17, 15) is 4.39 Å². The van der Waals surface area contributed by atoms with E-state index in [-0.39, 0.29) is 5.82 Å². The van der Waals surface area contributed by atoms with E-state index >= 15 is 0 Å². The molecule has 1 atom stereocenters. The fourth-order valence-electron chi connectivity index (χ4n) is 4.28. The fraction of sp³-hybridized carbons (Fsp3) is 0.292. The Morgan fingerprint density at radius 1 is 0.943 bits per heavy atom. The Bertz CT molecular complexity index is 1520. The molecule has 178 valence electrons. The number of hydrogen-bond acceptors (Lipinski definition) is 8. The largest absolute Gasteiger partial charge is 0.378 e. The lowest BCUT2D eigenvalue weighted by molar-refractivity contribution is 0.122. The number of para-hydroxylation sites is 2. The van der Waals surface area contributed by atoms with Gasteiger partial charge in [-0.2, -0.15) is 15.0 Å². The number of rotatable bonds is 5. The minimum atomic E-state index is -1.31. The maximum absolute atomic E-state index is 14.7. The van der Waals surface area contributed by atoms with Gasteiger partial charge in [-0.15, -0.1) is 0 Å². The van der Waals surface area contributed by atoms with Crippen molar-refractivity contribution in [2.75, 3.05) is 36.5 Å².